The smallest absolute Gasteiger partial charge is 0.354 e. The van der Waals surface area contributed by atoms with E-state index in [1.165, 1.54) is 18.9 Å². The van der Waals surface area contributed by atoms with Crippen molar-refractivity contribution in [3.63, 3.8) is 0 Å². The van der Waals surface area contributed by atoms with Crippen molar-refractivity contribution in [2.24, 2.45) is 5.92 Å². The zero-order valence-electron chi connectivity index (χ0n) is 10.5. The second kappa shape index (κ2) is 4.70. The van der Waals surface area contributed by atoms with Gasteiger partial charge in [0.25, 0.3) is 0 Å². The number of carboxylic acid groups (broad SMARTS) is 1. The van der Waals surface area contributed by atoms with Crippen LogP contribution in [0.1, 0.15) is 29.8 Å². The number of anilines is 2. The third kappa shape index (κ3) is 2.49. The molecule has 1 aromatic heterocycles. The first-order valence-corrected chi connectivity index (χ1v) is 6.53. The first kappa shape index (κ1) is 12.2. The van der Waals surface area contributed by atoms with E-state index in [4.69, 9.17) is 15.6 Å². The lowest BCUT2D eigenvalue weighted by molar-refractivity contribution is 0.0690. The van der Waals surface area contributed by atoms with Crippen LogP contribution >= 0.6 is 0 Å². The minimum atomic E-state index is -1.05. The molecule has 0 bridgehead atoms. The Balaban J connectivity index is 1.78. The summed E-state index contributed by atoms with van der Waals surface area (Å²) in [5, 5.41) is 12.2. The second-order valence-electron chi connectivity index (χ2n) is 5.15. The first-order valence-electron chi connectivity index (χ1n) is 6.53. The number of carboxylic acids is 1. The third-order valence-electron chi connectivity index (χ3n) is 3.69. The molecule has 2 fully saturated rings. The molecule has 0 spiro atoms. The van der Waals surface area contributed by atoms with Gasteiger partial charge in [-0.2, -0.15) is 0 Å². The lowest BCUT2D eigenvalue weighted by Crippen LogP contribution is -2.31. The minimum Gasteiger partial charge on any atom is -0.477 e. The van der Waals surface area contributed by atoms with Crippen LogP contribution in [0.5, 0.6) is 0 Å². The van der Waals surface area contributed by atoms with Crippen molar-refractivity contribution in [3.8, 4) is 0 Å². The number of nitrogen functional groups attached to an aromatic ring is 1. The summed E-state index contributed by atoms with van der Waals surface area (Å²) in [7, 11) is 0. The maximum absolute atomic E-state index is 10.9. The van der Waals surface area contributed by atoms with Crippen molar-refractivity contribution in [2.75, 3.05) is 17.7 Å². The van der Waals surface area contributed by atoms with Gasteiger partial charge in [0.1, 0.15) is 0 Å². The average molecular weight is 263 g/mol. The molecular formula is C13H17N3O3. The molecule has 3 rings (SSSR count). The number of nitrogens with two attached hydrogens (primary N) is 1. The van der Waals surface area contributed by atoms with Gasteiger partial charge in [0.15, 0.2) is 11.5 Å². The van der Waals surface area contributed by atoms with Crippen LogP contribution in [0.25, 0.3) is 0 Å². The maximum atomic E-state index is 10.9. The van der Waals surface area contributed by atoms with Gasteiger partial charge in [-0.05, 0) is 37.3 Å². The number of rotatable bonds is 4. The lowest BCUT2D eigenvalue weighted by atomic mass is 10.1. The van der Waals surface area contributed by atoms with Crippen molar-refractivity contribution in [3.05, 3.63) is 17.8 Å². The van der Waals surface area contributed by atoms with E-state index in [-0.39, 0.29) is 17.8 Å². The van der Waals surface area contributed by atoms with E-state index in [0.29, 0.717) is 17.4 Å². The van der Waals surface area contributed by atoms with Crippen LogP contribution in [0, 0.1) is 5.92 Å². The van der Waals surface area contributed by atoms with Gasteiger partial charge in [-0.15, -0.1) is 0 Å². The van der Waals surface area contributed by atoms with Crippen LogP contribution in [0.2, 0.25) is 0 Å². The largest absolute Gasteiger partial charge is 0.477 e. The third-order valence-corrected chi connectivity index (χ3v) is 3.69. The zero-order valence-corrected chi connectivity index (χ0v) is 10.5. The van der Waals surface area contributed by atoms with E-state index in [9.17, 15) is 4.79 Å². The highest BCUT2D eigenvalue weighted by Gasteiger charge is 2.40. The summed E-state index contributed by atoms with van der Waals surface area (Å²) in [4.78, 5) is 15.0. The molecule has 0 aromatic carbocycles. The van der Waals surface area contributed by atoms with Gasteiger partial charge in [-0.1, -0.05) is 0 Å². The van der Waals surface area contributed by atoms with Crippen LogP contribution in [0.4, 0.5) is 11.5 Å². The summed E-state index contributed by atoms with van der Waals surface area (Å²) in [5.74, 6) is 0.0226. The Kier molecular flexibility index (Phi) is 3.02. The number of ether oxygens (including phenoxy) is 1. The molecule has 2 aliphatic rings. The van der Waals surface area contributed by atoms with Crippen LogP contribution < -0.4 is 11.1 Å². The van der Waals surface area contributed by atoms with Crippen molar-refractivity contribution in [2.45, 2.75) is 31.4 Å². The molecule has 1 saturated heterocycles. The molecule has 102 valence electrons. The van der Waals surface area contributed by atoms with Gasteiger partial charge in [0.2, 0.25) is 0 Å². The number of pyridine rings is 1. The first-order chi connectivity index (χ1) is 9.15. The Morgan fingerprint density at radius 1 is 1.42 bits per heavy atom. The predicted octanol–water partition coefficient (Wildman–Crippen LogP) is 1.34. The second-order valence-corrected chi connectivity index (χ2v) is 5.15. The van der Waals surface area contributed by atoms with E-state index in [1.54, 1.807) is 6.07 Å². The van der Waals surface area contributed by atoms with Crippen LogP contribution in [-0.4, -0.2) is 34.8 Å². The molecule has 4 N–H and O–H groups in total. The predicted molar refractivity (Wildman–Crippen MR) is 70.1 cm³/mol. The van der Waals surface area contributed by atoms with E-state index in [1.807, 2.05) is 0 Å². The molecule has 0 amide bonds. The van der Waals surface area contributed by atoms with Gasteiger partial charge >= 0.3 is 5.97 Å². The Morgan fingerprint density at radius 3 is 2.89 bits per heavy atom. The zero-order chi connectivity index (χ0) is 13.4. The quantitative estimate of drug-likeness (QED) is 0.758. The molecule has 1 aliphatic heterocycles. The summed E-state index contributed by atoms with van der Waals surface area (Å²) >= 11 is 0. The SMILES string of the molecule is Nc1ccc(C(=O)O)nc1NC1CCOC1C1CC1. The van der Waals surface area contributed by atoms with Gasteiger partial charge in [0.05, 0.1) is 17.8 Å². The number of nitrogens with zero attached hydrogens (tertiary/aromatic N) is 1. The normalized spacial score (nSPS) is 26.3. The maximum Gasteiger partial charge on any atom is 0.354 e. The van der Waals surface area contributed by atoms with Crippen molar-refractivity contribution >= 4 is 17.5 Å². The van der Waals surface area contributed by atoms with E-state index >= 15 is 0 Å². The average Bonchev–Trinajstić information content (AvgIpc) is 3.12. The number of hydrogen-bond donors (Lipinski definition) is 3. The van der Waals surface area contributed by atoms with Crippen LogP contribution in [0.3, 0.4) is 0 Å². The fourth-order valence-electron chi connectivity index (χ4n) is 2.54. The highest BCUT2D eigenvalue weighted by atomic mass is 16.5. The number of aromatic carboxylic acids is 1. The number of carbonyl (C=O) groups is 1. The van der Waals surface area contributed by atoms with Gasteiger partial charge < -0.3 is 20.9 Å². The van der Waals surface area contributed by atoms with E-state index in [2.05, 4.69) is 10.3 Å². The molecule has 2 atom stereocenters. The number of nitrogens with one attached hydrogen (secondary N) is 1. The Morgan fingerprint density at radius 2 is 2.21 bits per heavy atom. The highest BCUT2D eigenvalue weighted by molar-refractivity contribution is 5.86. The molecule has 0 radical (unpaired) electrons. The molecule has 19 heavy (non-hydrogen) atoms. The van der Waals surface area contributed by atoms with Crippen LogP contribution in [-0.2, 0) is 4.74 Å². The molecule has 1 saturated carbocycles. The molecular weight excluding hydrogens is 246 g/mol. The number of aromatic nitrogens is 1. The summed E-state index contributed by atoms with van der Waals surface area (Å²) in [5.41, 5.74) is 6.31. The fraction of sp³-hybridized carbons (Fsp3) is 0.538. The minimum absolute atomic E-state index is 0.00131. The molecule has 2 unspecified atom stereocenters. The monoisotopic (exact) mass is 263 g/mol. The Labute approximate surface area is 111 Å². The van der Waals surface area contributed by atoms with Crippen molar-refractivity contribution in [1.29, 1.82) is 0 Å². The van der Waals surface area contributed by atoms with Gasteiger partial charge in [-0.25, -0.2) is 9.78 Å². The topological polar surface area (TPSA) is 97.5 Å². The molecule has 1 aromatic rings. The highest BCUT2D eigenvalue weighted by Crippen LogP contribution is 2.39. The summed E-state index contributed by atoms with van der Waals surface area (Å²) in [6.07, 6.45) is 3.52. The molecule has 1 aliphatic carbocycles. The summed E-state index contributed by atoms with van der Waals surface area (Å²) < 4.78 is 5.73. The number of hydrogen-bond acceptors (Lipinski definition) is 5. The van der Waals surface area contributed by atoms with E-state index in [0.717, 1.165) is 13.0 Å². The van der Waals surface area contributed by atoms with Crippen molar-refractivity contribution < 1.29 is 14.6 Å². The standard InChI is InChI=1S/C13H17N3O3/c14-8-3-4-10(13(17)18)16-12(8)15-9-5-6-19-11(9)7-1-2-7/h3-4,7,9,11H,1-2,5-6,14H2,(H,15,16)(H,17,18). The Bertz CT molecular complexity index is 502. The fourth-order valence-corrected chi connectivity index (χ4v) is 2.54. The summed E-state index contributed by atoms with van der Waals surface area (Å²) in [6.45, 7) is 0.733. The van der Waals surface area contributed by atoms with Gasteiger partial charge in [0, 0.05) is 6.61 Å². The molecule has 6 nitrogen and oxygen atoms in total. The Hall–Kier alpha value is -1.82. The molecule has 6 heteroatoms. The molecule has 2 heterocycles. The van der Waals surface area contributed by atoms with Gasteiger partial charge in [-0.3, -0.25) is 0 Å². The van der Waals surface area contributed by atoms with Crippen molar-refractivity contribution in [1.82, 2.24) is 4.98 Å². The van der Waals surface area contributed by atoms with E-state index < -0.39 is 5.97 Å². The summed E-state index contributed by atoms with van der Waals surface area (Å²) in [6, 6.07) is 3.15. The van der Waals surface area contributed by atoms with Crippen LogP contribution in [0.15, 0.2) is 12.1 Å². The lowest BCUT2D eigenvalue weighted by Gasteiger charge is -2.21.